The molecule has 0 fully saturated rings. The lowest BCUT2D eigenvalue weighted by atomic mass is 9.99. The highest BCUT2D eigenvalue weighted by atomic mass is 16.5. The van der Waals surface area contributed by atoms with Crippen molar-refractivity contribution in [2.75, 3.05) is 7.11 Å². The van der Waals surface area contributed by atoms with E-state index in [0.717, 1.165) is 11.1 Å². The Kier molecular flexibility index (Phi) is 5.44. The summed E-state index contributed by atoms with van der Waals surface area (Å²) >= 11 is 0. The Bertz CT molecular complexity index is 737. The molecule has 5 heteroatoms. The number of hydrogen-bond acceptors (Lipinski definition) is 5. The van der Waals surface area contributed by atoms with E-state index in [1.165, 1.54) is 7.11 Å². The van der Waals surface area contributed by atoms with Gasteiger partial charge < -0.3 is 14.6 Å². The van der Waals surface area contributed by atoms with Crippen molar-refractivity contribution in [1.29, 1.82) is 0 Å². The molecule has 1 aliphatic heterocycles. The van der Waals surface area contributed by atoms with Gasteiger partial charge in [-0.15, -0.1) is 0 Å². The Labute approximate surface area is 141 Å². The van der Waals surface area contributed by atoms with Crippen LogP contribution in [0.15, 0.2) is 29.4 Å². The fourth-order valence-electron chi connectivity index (χ4n) is 2.65. The van der Waals surface area contributed by atoms with Crippen LogP contribution in [0.2, 0.25) is 0 Å². The van der Waals surface area contributed by atoms with Gasteiger partial charge in [-0.3, -0.25) is 4.79 Å². The van der Waals surface area contributed by atoms with E-state index in [9.17, 15) is 14.7 Å². The summed E-state index contributed by atoms with van der Waals surface area (Å²) in [7, 11) is 1.49. The topological polar surface area (TPSA) is 72.8 Å². The predicted molar refractivity (Wildman–Crippen MR) is 90.3 cm³/mol. The van der Waals surface area contributed by atoms with Crippen LogP contribution in [-0.4, -0.2) is 24.0 Å². The van der Waals surface area contributed by atoms with E-state index in [0.29, 0.717) is 35.3 Å². The molecular formula is C19H22O5. The minimum atomic E-state index is -0.454. The van der Waals surface area contributed by atoms with Crippen molar-refractivity contribution in [3.8, 4) is 11.5 Å². The number of ketones is 1. The van der Waals surface area contributed by atoms with E-state index < -0.39 is 5.97 Å². The number of rotatable bonds is 6. The molecular weight excluding hydrogens is 308 g/mol. The molecule has 5 nitrogen and oxygen atoms in total. The molecule has 0 saturated heterocycles. The summed E-state index contributed by atoms with van der Waals surface area (Å²) in [6, 6.07) is 1.59. The van der Waals surface area contributed by atoms with Crippen molar-refractivity contribution >= 4 is 11.8 Å². The van der Waals surface area contributed by atoms with Crippen LogP contribution >= 0.6 is 0 Å². The van der Waals surface area contributed by atoms with E-state index >= 15 is 0 Å². The minimum absolute atomic E-state index is 0.0230. The van der Waals surface area contributed by atoms with Crippen molar-refractivity contribution in [3.05, 3.63) is 46.1 Å². The van der Waals surface area contributed by atoms with E-state index in [-0.39, 0.29) is 18.1 Å². The van der Waals surface area contributed by atoms with Gasteiger partial charge in [-0.1, -0.05) is 17.2 Å². The van der Waals surface area contributed by atoms with Gasteiger partial charge in [0.05, 0.1) is 12.7 Å². The summed E-state index contributed by atoms with van der Waals surface area (Å²) in [5.41, 5.74) is 3.29. The lowest BCUT2D eigenvalue weighted by Gasteiger charge is -2.12. The third kappa shape index (κ3) is 3.85. The number of carbonyl (C=O) groups excluding carboxylic acids is 2. The number of phenols is 1. The highest BCUT2D eigenvalue weighted by molar-refractivity contribution is 5.95. The molecule has 0 spiro atoms. The SMILES string of the molecule is COc1cc2c(c(O)c1C/C=C(\C)CC(=O)C=C(C)C)COC2=O. The van der Waals surface area contributed by atoms with Crippen LogP contribution in [0.4, 0.5) is 0 Å². The predicted octanol–water partition coefficient (Wildman–Crippen LogP) is 3.49. The van der Waals surface area contributed by atoms with Crippen molar-refractivity contribution in [1.82, 2.24) is 0 Å². The Morgan fingerprint density at radius 1 is 1.38 bits per heavy atom. The number of aromatic hydroxyl groups is 1. The van der Waals surface area contributed by atoms with E-state index in [4.69, 9.17) is 9.47 Å². The first kappa shape index (κ1) is 17.8. The minimum Gasteiger partial charge on any atom is -0.507 e. The van der Waals surface area contributed by atoms with Crippen LogP contribution in [0.1, 0.15) is 48.7 Å². The fourth-order valence-corrected chi connectivity index (χ4v) is 2.65. The molecule has 1 N–H and O–H groups in total. The number of allylic oxidation sites excluding steroid dienone is 4. The highest BCUT2D eigenvalue weighted by Crippen LogP contribution is 2.38. The fraction of sp³-hybridized carbons (Fsp3) is 0.368. The largest absolute Gasteiger partial charge is 0.507 e. The van der Waals surface area contributed by atoms with Crippen molar-refractivity contribution in [2.45, 2.75) is 40.2 Å². The second-order valence-corrected chi connectivity index (χ2v) is 6.13. The molecule has 0 aromatic heterocycles. The quantitative estimate of drug-likeness (QED) is 0.491. The first-order valence-corrected chi connectivity index (χ1v) is 7.75. The molecule has 0 bridgehead atoms. The molecule has 1 aromatic carbocycles. The number of fused-ring (bicyclic) bond motifs is 1. The Morgan fingerprint density at radius 2 is 2.08 bits per heavy atom. The maximum absolute atomic E-state index is 11.8. The van der Waals surface area contributed by atoms with Crippen LogP contribution in [0, 0.1) is 0 Å². The van der Waals surface area contributed by atoms with Crippen LogP contribution in [0.3, 0.4) is 0 Å². The molecule has 128 valence electrons. The lowest BCUT2D eigenvalue weighted by Crippen LogP contribution is -2.00. The molecule has 0 radical (unpaired) electrons. The summed E-state index contributed by atoms with van der Waals surface area (Å²) in [6.07, 6.45) is 4.25. The van der Waals surface area contributed by atoms with Crippen LogP contribution in [0.25, 0.3) is 0 Å². The van der Waals surface area contributed by atoms with Gasteiger partial charge >= 0.3 is 5.97 Å². The molecule has 0 atom stereocenters. The van der Waals surface area contributed by atoms with Gasteiger partial charge in [-0.05, 0) is 39.3 Å². The van der Waals surface area contributed by atoms with Gasteiger partial charge in [0.15, 0.2) is 5.78 Å². The smallest absolute Gasteiger partial charge is 0.339 e. The summed E-state index contributed by atoms with van der Waals surface area (Å²) in [6.45, 7) is 5.71. The van der Waals surface area contributed by atoms with Gasteiger partial charge in [0.25, 0.3) is 0 Å². The highest BCUT2D eigenvalue weighted by Gasteiger charge is 2.28. The van der Waals surface area contributed by atoms with Crippen molar-refractivity contribution in [2.24, 2.45) is 0 Å². The standard InChI is InChI=1S/C19H22O5/c1-11(2)7-13(20)8-12(3)5-6-14-17(23-4)9-15-16(18(14)21)10-24-19(15)22/h5,7,9,21H,6,8,10H2,1-4H3/b12-5+. The molecule has 1 heterocycles. The number of ether oxygens (including phenoxy) is 2. The molecule has 0 saturated carbocycles. The number of benzene rings is 1. The molecule has 0 aliphatic carbocycles. The Hall–Kier alpha value is -2.56. The van der Waals surface area contributed by atoms with E-state index in [1.807, 2.05) is 26.8 Å². The molecule has 2 rings (SSSR count). The van der Waals surface area contributed by atoms with Gasteiger partial charge in [0, 0.05) is 17.5 Å². The first-order chi connectivity index (χ1) is 11.3. The average Bonchev–Trinajstić information content (AvgIpc) is 2.86. The molecule has 1 aliphatic rings. The zero-order valence-corrected chi connectivity index (χ0v) is 14.4. The number of phenolic OH excluding ortho intramolecular Hbond substituents is 1. The maximum Gasteiger partial charge on any atom is 0.339 e. The zero-order chi connectivity index (χ0) is 17.9. The number of cyclic esters (lactones) is 1. The third-order valence-corrected chi connectivity index (χ3v) is 3.81. The van der Waals surface area contributed by atoms with Crippen molar-refractivity contribution < 1.29 is 24.2 Å². The molecule has 0 amide bonds. The maximum atomic E-state index is 11.8. The number of hydrogen-bond donors (Lipinski definition) is 1. The third-order valence-electron chi connectivity index (χ3n) is 3.81. The summed E-state index contributed by atoms with van der Waals surface area (Å²) < 4.78 is 10.2. The van der Waals surface area contributed by atoms with Gasteiger partial charge in [0.1, 0.15) is 18.1 Å². The van der Waals surface area contributed by atoms with E-state index in [2.05, 4.69) is 0 Å². The Balaban J connectivity index is 2.24. The number of carbonyl (C=O) groups is 2. The lowest BCUT2D eigenvalue weighted by molar-refractivity contribution is -0.114. The first-order valence-electron chi connectivity index (χ1n) is 7.75. The van der Waals surface area contributed by atoms with Crippen LogP contribution in [-0.2, 0) is 22.6 Å². The van der Waals surface area contributed by atoms with Crippen LogP contribution in [0.5, 0.6) is 11.5 Å². The van der Waals surface area contributed by atoms with Gasteiger partial charge in [-0.2, -0.15) is 0 Å². The number of esters is 1. The average molecular weight is 330 g/mol. The van der Waals surface area contributed by atoms with Gasteiger partial charge in [-0.25, -0.2) is 4.79 Å². The zero-order valence-electron chi connectivity index (χ0n) is 14.4. The molecule has 24 heavy (non-hydrogen) atoms. The molecule has 0 unspecified atom stereocenters. The monoisotopic (exact) mass is 330 g/mol. The van der Waals surface area contributed by atoms with Crippen molar-refractivity contribution in [3.63, 3.8) is 0 Å². The second-order valence-electron chi connectivity index (χ2n) is 6.13. The molecule has 1 aromatic rings. The van der Waals surface area contributed by atoms with Gasteiger partial charge in [0.2, 0.25) is 0 Å². The number of methoxy groups -OCH3 is 1. The Morgan fingerprint density at radius 3 is 2.71 bits per heavy atom. The van der Waals surface area contributed by atoms with Crippen LogP contribution < -0.4 is 4.74 Å². The normalized spacial score (nSPS) is 13.3. The summed E-state index contributed by atoms with van der Waals surface area (Å²) in [5.74, 6) is 0.0525. The summed E-state index contributed by atoms with van der Waals surface area (Å²) in [5, 5.41) is 10.4. The van der Waals surface area contributed by atoms with E-state index in [1.54, 1.807) is 12.1 Å². The second kappa shape index (κ2) is 7.34. The summed E-state index contributed by atoms with van der Waals surface area (Å²) in [4.78, 5) is 23.4.